The smallest absolute Gasteiger partial charge is 0.222 e. The molecule has 2 N–H and O–H groups in total. The van der Waals surface area contributed by atoms with Crippen LogP contribution in [0.3, 0.4) is 0 Å². The molecule has 3 aromatic rings. The SMILES string of the molecule is CNc1ncc2cc(-c3cc(NC(C)=O)ccc3C)c(OC)cc2n1. The van der Waals surface area contributed by atoms with Crippen LogP contribution in [0.2, 0.25) is 0 Å². The zero-order valence-electron chi connectivity index (χ0n) is 14.7. The van der Waals surface area contributed by atoms with Crippen LogP contribution >= 0.6 is 0 Å². The lowest BCUT2D eigenvalue weighted by atomic mass is 9.97. The van der Waals surface area contributed by atoms with Gasteiger partial charge in [-0.3, -0.25) is 4.79 Å². The molecule has 0 aliphatic heterocycles. The summed E-state index contributed by atoms with van der Waals surface area (Å²) in [4.78, 5) is 20.1. The van der Waals surface area contributed by atoms with Crippen molar-refractivity contribution in [3.05, 3.63) is 42.1 Å². The van der Waals surface area contributed by atoms with Crippen molar-refractivity contribution in [2.24, 2.45) is 0 Å². The van der Waals surface area contributed by atoms with E-state index in [1.165, 1.54) is 6.92 Å². The standard InChI is InChI=1S/C19H20N4O2/c1-11-5-6-14(22-12(2)24)8-15(11)16-7-13-10-21-19(20-3)23-17(13)9-18(16)25-4/h5-10H,1-4H3,(H,22,24)(H,20,21,23). The highest BCUT2D eigenvalue weighted by Crippen LogP contribution is 2.36. The van der Waals surface area contributed by atoms with E-state index in [-0.39, 0.29) is 5.91 Å². The fourth-order valence-electron chi connectivity index (χ4n) is 2.75. The number of nitrogens with zero attached hydrogens (tertiary/aromatic N) is 2. The zero-order valence-corrected chi connectivity index (χ0v) is 14.7. The summed E-state index contributed by atoms with van der Waals surface area (Å²) in [6, 6.07) is 9.72. The van der Waals surface area contributed by atoms with E-state index in [1.807, 2.05) is 37.3 Å². The summed E-state index contributed by atoms with van der Waals surface area (Å²) in [7, 11) is 3.42. The Morgan fingerprint density at radius 1 is 1.16 bits per heavy atom. The number of aromatic nitrogens is 2. The monoisotopic (exact) mass is 336 g/mol. The number of carbonyl (C=O) groups excluding carboxylic acids is 1. The third-order valence-corrected chi connectivity index (χ3v) is 3.97. The van der Waals surface area contributed by atoms with Crippen LogP contribution in [0.4, 0.5) is 11.6 Å². The fourth-order valence-corrected chi connectivity index (χ4v) is 2.75. The van der Waals surface area contributed by atoms with Crippen LogP contribution in [0.5, 0.6) is 5.75 Å². The van der Waals surface area contributed by atoms with Gasteiger partial charge in [-0.05, 0) is 36.2 Å². The van der Waals surface area contributed by atoms with Crippen molar-refractivity contribution in [1.82, 2.24) is 9.97 Å². The Morgan fingerprint density at radius 2 is 1.96 bits per heavy atom. The van der Waals surface area contributed by atoms with Crippen LogP contribution in [0.25, 0.3) is 22.0 Å². The van der Waals surface area contributed by atoms with Crippen LogP contribution in [0, 0.1) is 6.92 Å². The summed E-state index contributed by atoms with van der Waals surface area (Å²) in [6.45, 7) is 3.52. The van der Waals surface area contributed by atoms with Gasteiger partial charge in [-0.2, -0.15) is 0 Å². The molecule has 0 unspecified atom stereocenters. The van der Waals surface area contributed by atoms with Gasteiger partial charge < -0.3 is 15.4 Å². The first-order valence-corrected chi connectivity index (χ1v) is 7.93. The predicted octanol–water partition coefficient (Wildman–Crippen LogP) is 3.61. The fraction of sp³-hybridized carbons (Fsp3) is 0.211. The van der Waals surface area contributed by atoms with E-state index < -0.39 is 0 Å². The number of hydrogen-bond acceptors (Lipinski definition) is 5. The molecule has 0 saturated carbocycles. The molecule has 1 heterocycles. The van der Waals surface area contributed by atoms with E-state index in [4.69, 9.17) is 4.74 Å². The molecule has 0 atom stereocenters. The number of rotatable bonds is 4. The first kappa shape index (κ1) is 16.7. The maximum Gasteiger partial charge on any atom is 0.222 e. The van der Waals surface area contributed by atoms with Crippen LogP contribution in [0.1, 0.15) is 12.5 Å². The van der Waals surface area contributed by atoms with E-state index in [0.717, 1.165) is 39.0 Å². The van der Waals surface area contributed by atoms with Gasteiger partial charge in [0.25, 0.3) is 0 Å². The second-order valence-electron chi connectivity index (χ2n) is 5.77. The largest absolute Gasteiger partial charge is 0.496 e. The van der Waals surface area contributed by atoms with Crippen molar-refractivity contribution in [2.45, 2.75) is 13.8 Å². The Morgan fingerprint density at radius 3 is 2.64 bits per heavy atom. The number of fused-ring (bicyclic) bond motifs is 1. The molecule has 128 valence electrons. The molecule has 0 bridgehead atoms. The zero-order chi connectivity index (χ0) is 18.0. The number of amides is 1. The van der Waals surface area contributed by atoms with Gasteiger partial charge in [0.2, 0.25) is 11.9 Å². The molecule has 6 nitrogen and oxygen atoms in total. The molecule has 0 fully saturated rings. The van der Waals surface area contributed by atoms with Crippen molar-refractivity contribution in [3.63, 3.8) is 0 Å². The molecule has 0 radical (unpaired) electrons. The highest BCUT2D eigenvalue weighted by molar-refractivity contribution is 5.92. The Bertz CT molecular complexity index is 954. The summed E-state index contributed by atoms with van der Waals surface area (Å²) in [5.74, 6) is 1.18. The summed E-state index contributed by atoms with van der Waals surface area (Å²) < 4.78 is 5.59. The lowest BCUT2D eigenvalue weighted by molar-refractivity contribution is -0.114. The molecule has 1 aromatic heterocycles. The number of methoxy groups -OCH3 is 1. The van der Waals surface area contributed by atoms with E-state index in [9.17, 15) is 4.79 Å². The second kappa shape index (κ2) is 6.76. The molecule has 2 aromatic carbocycles. The number of carbonyl (C=O) groups is 1. The lowest BCUT2D eigenvalue weighted by Gasteiger charge is -2.14. The number of anilines is 2. The number of aryl methyl sites for hydroxylation is 1. The van der Waals surface area contributed by atoms with Crippen LogP contribution in [-0.4, -0.2) is 30.0 Å². The average Bonchev–Trinajstić information content (AvgIpc) is 2.61. The Balaban J connectivity index is 2.18. The summed E-state index contributed by atoms with van der Waals surface area (Å²) in [6.07, 6.45) is 1.78. The minimum atomic E-state index is -0.103. The highest BCUT2D eigenvalue weighted by atomic mass is 16.5. The van der Waals surface area contributed by atoms with Gasteiger partial charge in [0.05, 0.1) is 12.6 Å². The van der Waals surface area contributed by atoms with Crippen molar-refractivity contribution in [1.29, 1.82) is 0 Å². The van der Waals surface area contributed by atoms with E-state index in [2.05, 4.69) is 20.6 Å². The molecule has 0 saturated heterocycles. The van der Waals surface area contributed by atoms with Gasteiger partial charge in [0.1, 0.15) is 5.75 Å². The van der Waals surface area contributed by atoms with Crippen LogP contribution in [0.15, 0.2) is 36.5 Å². The minimum Gasteiger partial charge on any atom is -0.496 e. The van der Waals surface area contributed by atoms with Gasteiger partial charge in [0, 0.05) is 42.9 Å². The molecule has 0 aliphatic carbocycles. The van der Waals surface area contributed by atoms with Gasteiger partial charge in [-0.25, -0.2) is 9.97 Å². The van der Waals surface area contributed by atoms with E-state index in [1.54, 1.807) is 20.4 Å². The molecular formula is C19H20N4O2. The molecule has 3 rings (SSSR count). The minimum absolute atomic E-state index is 0.103. The summed E-state index contributed by atoms with van der Waals surface area (Å²) in [5.41, 5.74) is 4.55. The Labute approximate surface area is 146 Å². The van der Waals surface area contributed by atoms with E-state index in [0.29, 0.717) is 5.95 Å². The van der Waals surface area contributed by atoms with E-state index >= 15 is 0 Å². The average molecular weight is 336 g/mol. The van der Waals surface area contributed by atoms with Gasteiger partial charge in [-0.1, -0.05) is 6.07 Å². The normalized spacial score (nSPS) is 10.6. The van der Waals surface area contributed by atoms with Crippen molar-refractivity contribution in [3.8, 4) is 16.9 Å². The summed E-state index contributed by atoms with van der Waals surface area (Å²) in [5, 5.41) is 6.67. The predicted molar refractivity (Wildman–Crippen MR) is 100 cm³/mol. The number of hydrogen-bond donors (Lipinski definition) is 2. The molecule has 0 aliphatic rings. The van der Waals surface area contributed by atoms with Gasteiger partial charge in [-0.15, -0.1) is 0 Å². The third-order valence-electron chi connectivity index (χ3n) is 3.97. The summed E-state index contributed by atoms with van der Waals surface area (Å²) >= 11 is 0. The van der Waals surface area contributed by atoms with Crippen molar-refractivity contribution >= 4 is 28.4 Å². The van der Waals surface area contributed by atoms with Gasteiger partial charge in [0.15, 0.2) is 0 Å². The highest BCUT2D eigenvalue weighted by Gasteiger charge is 2.13. The molecule has 0 spiro atoms. The van der Waals surface area contributed by atoms with Crippen LogP contribution in [-0.2, 0) is 4.79 Å². The maximum absolute atomic E-state index is 11.3. The third kappa shape index (κ3) is 3.38. The number of nitrogens with one attached hydrogen (secondary N) is 2. The quantitative estimate of drug-likeness (QED) is 0.761. The van der Waals surface area contributed by atoms with Crippen molar-refractivity contribution < 1.29 is 9.53 Å². The van der Waals surface area contributed by atoms with Crippen LogP contribution < -0.4 is 15.4 Å². The lowest BCUT2D eigenvalue weighted by Crippen LogP contribution is -2.06. The molecular weight excluding hydrogens is 316 g/mol. The van der Waals surface area contributed by atoms with Gasteiger partial charge >= 0.3 is 0 Å². The molecule has 1 amide bonds. The first-order chi connectivity index (χ1) is 12.0. The van der Waals surface area contributed by atoms with Crippen molar-refractivity contribution in [2.75, 3.05) is 24.8 Å². The Kier molecular flexibility index (Phi) is 4.52. The first-order valence-electron chi connectivity index (χ1n) is 7.93. The molecule has 25 heavy (non-hydrogen) atoms. The second-order valence-corrected chi connectivity index (χ2v) is 5.77. The maximum atomic E-state index is 11.3. The Hall–Kier alpha value is -3.15. The number of ether oxygens (including phenoxy) is 1. The number of benzene rings is 2. The molecule has 6 heteroatoms. The topological polar surface area (TPSA) is 76.1 Å².